The molecule has 0 N–H and O–H groups in total. The molecular weight excluding hydrogens is 246 g/mol. The molecular formula is C13H19N3OS. The standard InChI is InChI=1S/C13H19N3OS/c1-3-18-13-14-10(2)9-11(15-13)12(17)16-7-5-4-6-8-16/h9H,3-8H2,1-2H3. The van der Waals surface area contributed by atoms with Gasteiger partial charge in [0.1, 0.15) is 5.69 Å². The molecule has 4 nitrogen and oxygen atoms in total. The molecule has 18 heavy (non-hydrogen) atoms. The number of amides is 1. The number of hydrogen-bond donors (Lipinski definition) is 0. The van der Waals surface area contributed by atoms with Gasteiger partial charge in [-0.25, -0.2) is 9.97 Å². The second-order valence-corrected chi connectivity index (χ2v) is 5.69. The third-order valence-electron chi connectivity index (χ3n) is 2.97. The first kappa shape index (κ1) is 13.3. The lowest BCUT2D eigenvalue weighted by Gasteiger charge is -2.26. The van der Waals surface area contributed by atoms with Crippen molar-refractivity contribution in [3.63, 3.8) is 0 Å². The zero-order valence-corrected chi connectivity index (χ0v) is 11.8. The smallest absolute Gasteiger partial charge is 0.272 e. The van der Waals surface area contributed by atoms with Crippen molar-refractivity contribution >= 4 is 17.7 Å². The number of hydrogen-bond acceptors (Lipinski definition) is 4. The molecule has 0 atom stereocenters. The number of piperidine rings is 1. The Bertz CT molecular complexity index is 430. The molecule has 0 saturated carbocycles. The molecule has 1 aliphatic rings. The van der Waals surface area contributed by atoms with Crippen molar-refractivity contribution in [2.75, 3.05) is 18.8 Å². The van der Waals surface area contributed by atoms with E-state index in [1.165, 1.54) is 6.42 Å². The van der Waals surface area contributed by atoms with E-state index in [1.807, 2.05) is 11.8 Å². The van der Waals surface area contributed by atoms with Gasteiger partial charge in [-0.3, -0.25) is 4.79 Å². The molecule has 1 aromatic heterocycles. The van der Waals surface area contributed by atoms with Crippen molar-refractivity contribution in [3.05, 3.63) is 17.5 Å². The number of carbonyl (C=O) groups is 1. The Hall–Kier alpha value is -1.10. The van der Waals surface area contributed by atoms with Crippen molar-refractivity contribution in [1.82, 2.24) is 14.9 Å². The van der Waals surface area contributed by atoms with Gasteiger partial charge in [0.05, 0.1) is 0 Å². The molecule has 2 heterocycles. The van der Waals surface area contributed by atoms with Crippen LogP contribution in [-0.2, 0) is 0 Å². The van der Waals surface area contributed by atoms with E-state index >= 15 is 0 Å². The Morgan fingerprint density at radius 3 is 2.72 bits per heavy atom. The predicted octanol–water partition coefficient (Wildman–Crippen LogP) is 2.52. The van der Waals surface area contributed by atoms with Crippen molar-refractivity contribution in [1.29, 1.82) is 0 Å². The highest BCUT2D eigenvalue weighted by Crippen LogP contribution is 2.16. The maximum Gasteiger partial charge on any atom is 0.272 e. The number of rotatable bonds is 3. The third-order valence-corrected chi connectivity index (χ3v) is 3.70. The van der Waals surface area contributed by atoms with E-state index in [1.54, 1.807) is 17.8 Å². The van der Waals surface area contributed by atoms with E-state index in [0.717, 1.165) is 37.4 Å². The van der Waals surface area contributed by atoms with Crippen LogP contribution in [0.15, 0.2) is 11.2 Å². The molecule has 0 bridgehead atoms. The Morgan fingerprint density at radius 1 is 1.33 bits per heavy atom. The van der Waals surface area contributed by atoms with Crippen molar-refractivity contribution in [3.8, 4) is 0 Å². The van der Waals surface area contributed by atoms with Crippen molar-refractivity contribution in [2.45, 2.75) is 38.3 Å². The fraction of sp³-hybridized carbons (Fsp3) is 0.615. The van der Waals surface area contributed by atoms with Crippen LogP contribution in [0.5, 0.6) is 0 Å². The molecule has 1 aromatic rings. The summed E-state index contributed by atoms with van der Waals surface area (Å²) in [6.07, 6.45) is 3.43. The maximum absolute atomic E-state index is 12.3. The van der Waals surface area contributed by atoms with E-state index in [-0.39, 0.29) is 5.91 Å². The largest absolute Gasteiger partial charge is 0.337 e. The van der Waals surface area contributed by atoms with Crippen LogP contribution in [0.25, 0.3) is 0 Å². The van der Waals surface area contributed by atoms with Gasteiger partial charge < -0.3 is 4.90 Å². The summed E-state index contributed by atoms with van der Waals surface area (Å²) in [5.74, 6) is 0.971. The van der Waals surface area contributed by atoms with E-state index in [2.05, 4.69) is 16.9 Å². The van der Waals surface area contributed by atoms with Gasteiger partial charge in [0, 0.05) is 18.8 Å². The van der Waals surface area contributed by atoms with Crippen molar-refractivity contribution < 1.29 is 4.79 Å². The summed E-state index contributed by atoms with van der Waals surface area (Å²) in [4.78, 5) is 22.9. The fourth-order valence-electron chi connectivity index (χ4n) is 2.10. The van der Waals surface area contributed by atoms with Crippen LogP contribution in [0, 0.1) is 6.92 Å². The molecule has 2 rings (SSSR count). The zero-order chi connectivity index (χ0) is 13.0. The summed E-state index contributed by atoms with van der Waals surface area (Å²) >= 11 is 1.57. The Morgan fingerprint density at radius 2 is 2.06 bits per heavy atom. The Balaban J connectivity index is 2.18. The summed E-state index contributed by atoms with van der Waals surface area (Å²) in [7, 11) is 0. The van der Waals surface area contributed by atoms with Crippen LogP contribution in [0.4, 0.5) is 0 Å². The summed E-state index contributed by atoms with van der Waals surface area (Å²) in [6, 6.07) is 1.79. The molecule has 98 valence electrons. The zero-order valence-electron chi connectivity index (χ0n) is 11.0. The second kappa shape index (κ2) is 6.18. The van der Waals surface area contributed by atoms with Gasteiger partial charge in [-0.1, -0.05) is 18.7 Å². The van der Waals surface area contributed by atoms with Gasteiger partial charge in [0.15, 0.2) is 5.16 Å². The minimum Gasteiger partial charge on any atom is -0.337 e. The van der Waals surface area contributed by atoms with Gasteiger partial charge >= 0.3 is 0 Å². The lowest BCUT2D eigenvalue weighted by atomic mass is 10.1. The summed E-state index contributed by atoms with van der Waals surface area (Å²) in [5.41, 5.74) is 1.40. The minimum absolute atomic E-state index is 0.0538. The summed E-state index contributed by atoms with van der Waals surface area (Å²) in [5, 5.41) is 0.706. The van der Waals surface area contributed by atoms with Gasteiger partial charge in [0.25, 0.3) is 5.91 Å². The number of carbonyl (C=O) groups excluding carboxylic acids is 1. The Labute approximate surface area is 112 Å². The quantitative estimate of drug-likeness (QED) is 0.622. The van der Waals surface area contributed by atoms with Gasteiger partial charge in [0.2, 0.25) is 0 Å². The number of thioether (sulfide) groups is 1. The lowest BCUT2D eigenvalue weighted by Crippen LogP contribution is -2.36. The molecule has 0 aliphatic carbocycles. The topological polar surface area (TPSA) is 46.1 Å². The highest BCUT2D eigenvalue weighted by Gasteiger charge is 2.20. The van der Waals surface area contributed by atoms with Crippen LogP contribution in [-0.4, -0.2) is 39.6 Å². The fourth-order valence-corrected chi connectivity index (χ4v) is 2.73. The average molecular weight is 265 g/mol. The van der Waals surface area contributed by atoms with Gasteiger partial charge in [-0.05, 0) is 38.0 Å². The molecule has 5 heteroatoms. The van der Waals surface area contributed by atoms with Crippen LogP contribution in [0.2, 0.25) is 0 Å². The molecule has 0 unspecified atom stereocenters. The minimum atomic E-state index is 0.0538. The highest BCUT2D eigenvalue weighted by molar-refractivity contribution is 7.99. The monoisotopic (exact) mass is 265 g/mol. The average Bonchev–Trinajstić information content (AvgIpc) is 2.38. The van der Waals surface area contributed by atoms with Crippen LogP contribution >= 0.6 is 11.8 Å². The number of aryl methyl sites for hydroxylation is 1. The van der Waals surface area contributed by atoms with E-state index in [0.29, 0.717) is 10.9 Å². The van der Waals surface area contributed by atoms with Gasteiger partial charge in [-0.2, -0.15) is 0 Å². The van der Waals surface area contributed by atoms with E-state index in [9.17, 15) is 4.79 Å². The first-order chi connectivity index (χ1) is 8.70. The number of likely N-dealkylation sites (tertiary alicyclic amines) is 1. The van der Waals surface area contributed by atoms with Crippen LogP contribution in [0.1, 0.15) is 42.4 Å². The number of nitrogens with zero attached hydrogens (tertiary/aromatic N) is 3. The van der Waals surface area contributed by atoms with Crippen LogP contribution < -0.4 is 0 Å². The SMILES string of the molecule is CCSc1nc(C)cc(C(=O)N2CCCCC2)n1. The molecule has 1 saturated heterocycles. The maximum atomic E-state index is 12.3. The molecule has 0 radical (unpaired) electrons. The normalized spacial score (nSPS) is 15.8. The van der Waals surface area contributed by atoms with Crippen LogP contribution in [0.3, 0.4) is 0 Å². The molecule has 0 aromatic carbocycles. The lowest BCUT2D eigenvalue weighted by molar-refractivity contribution is 0.0717. The van der Waals surface area contributed by atoms with E-state index < -0.39 is 0 Å². The summed E-state index contributed by atoms with van der Waals surface area (Å²) in [6.45, 7) is 5.69. The molecule has 0 spiro atoms. The Kier molecular flexibility index (Phi) is 4.58. The predicted molar refractivity (Wildman–Crippen MR) is 72.9 cm³/mol. The molecule has 1 fully saturated rings. The molecule has 1 amide bonds. The number of aromatic nitrogens is 2. The highest BCUT2D eigenvalue weighted by atomic mass is 32.2. The van der Waals surface area contributed by atoms with E-state index in [4.69, 9.17) is 0 Å². The third kappa shape index (κ3) is 3.22. The first-order valence-corrected chi connectivity index (χ1v) is 7.47. The second-order valence-electron chi connectivity index (χ2n) is 4.46. The summed E-state index contributed by atoms with van der Waals surface area (Å²) < 4.78 is 0. The van der Waals surface area contributed by atoms with Crippen molar-refractivity contribution in [2.24, 2.45) is 0 Å². The molecule has 1 aliphatic heterocycles. The van der Waals surface area contributed by atoms with Gasteiger partial charge in [-0.15, -0.1) is 0 Å². The first-order valence-electron chi connectivity index (χ1n) is 6.48.